The van der Waals surface area contributed by atoms with Crippen molar-refractivity contribution in [3.8, 4) is 0 Å². The molecule has 0 aromatic heterocycles. The lowest BCUT2D eigenvalue weighted by Gasteiger charge is -2.27. The predicted octanol–water partition coefficient (Wildman–Crippen LogP) is 2.93. The Balaban J connectivity index is 1.80. The van der Waals surface area contributed by atoms with E-state index in [0.717, 1.165) is 36.9 Å². The summed E-state index contributed by atoms with van der Waals surface area (Å²) in [4.78, 5) is 24.1. The first-order chi connectivity index (χ1) is 10.1. The van der Waals surface area contributed by atoms with Crippen LogP contribution in [-0.4, -0.2) is 17.0 Å². The zero-order chi connectivity index (χ0) is 15.0. The lowest BCUT2D eigenvalue weighted by molar-refractivity contribution is -0.148. The van der Waals surface area contributed by atoms with Crippen molar-refractivity contribution in [1.29, 1.82) is 0 Å². The van der Waals surface area contributed by atoms with Crippen LogP contribution in [0.5, 0.6) is 0 Å². The largest absolute Gasteiger partial charge is 0.481 e. The smallest absolute Gasteiger partial charge is 0.307 e. The number of carboxylic acids is 1. The highest BCUT2D eigenvalue weighted by Crippen LogP contribution is 2.52. The topological polar surface area (TPSA) is 66.4 Å². The summed E-state index contributed by atoms with van der Waals surface area (Å²) >= 11 is 0. The molecule has 3 rings (SSSR count). The summed E-state index contributed by atoms with van der Waals surface area (Å²) in [5, 5.41) is 12.4. The summed E-state index contributed by atoms with van der Waals surface area (Å²) in [5.74, 6) is -1.38. The van der Waals surface area contributed by atoms with Crippen LogP contribution in [0.15, 0.2) is 24.3 Å². The van der Waals surface area contributed by atoms with Gasteiger partial charge in [-0.3, -0.25) is 9.59 Å². The van der Waals surface area contributed by atoms with E-state index in [-0.39, 0.29) is 23.7 Å². The van der Waals surface area contributed by atoms with Gasteiger partial charge in [0.1, 0.15) is 0 Å². The number of para-hydroxylation sites is 1. The highest BCUT2D eigenvalue weighted by molar-refractivity contribution is 5.96. The van der Waals surface area contributed by atoms with Crippen molar-refractivity contribution in [2.45, 2.75) is 32.6 Å². The van der Waals surface area contributed by atoms with E-state index in [1.54, 1.807) is 0 Å². The predicted molar refractivity (Wildman–Crippen MR) is 79.9 cm³/mol. The van der Waals surface area contributed by atoms with Crippen LogP contribution in [0, 0.1) is 23.7 Å². The van der Waals surface area contributed by atoms with Gasteiger partial charge in [-0.15, -0.1) is 0 Å². The molecule has 2 fully saturated rings. The van der Waals surface area contributed by atoms with Crippen LogP contribution in [0.4, 0.5) is 5.69 Å². The van der Waals surface area contributed by atoms with Crippen molar-refractivity contribution in [2.24, 2.45) is 23.7 Å². The molecule has 4 atom stereocenters. The highest BCUT2D eigenvalue weighted by Gasteiger charge is 2.53. The van der Waals surface area contributed by atoms with Crippen molar-refractivity contribution in [3.63, 3.8) is 0 Å². The molecule has 0 aliphatic heterocycles. The van der Waals surface area contributed by atoms with Crippen LogP contribution >= 0.6 is 0 Å². The van der Waals surface area contributed by atoms with Gasteiger partial charge >= 0.3 is 5.97 Å². The molecule has 1 aromatic carbocycles. The van der Waals surface area contributed by atoms with E-state index in [4.69, 9.17) is 0 Å². The molecule has 2 aliphatic carbocycles. The van der Waals surface area contributed by atoms with Gasteiger partial charge in [-0.2, -0.15) is 0 Å². The quantitative estimate of drug-likeness (QED) is 0.894. The number of carboxylic acid groups (broad SMARTS) is 1. The number of anilines is 1. The van der Waals surface area contributed by atoms with Crippen molar-refractivity contribution in [2.75, 3.05) is 5.32 Å². The first-order valence-corrected chi connectivity index (χ1v) is 7.73. The van der Waals surface area contributed by atoms with Crippen LogP contribution in [0.25, 0.3) is 0 Å². The molecular formula is C17H21NO3. The zero-order valence-corrected chi connectivity index (χ0v) is 12.2. The van der Waals surface area contributed by atoms with E-state index in [1.807, 2.05) is 31.2 Å². The Morgan fingerprint density at radius 2 is 1.86 bits per heavy atom. The summed E-state index contributed by atoms with van der Waals surface area (Å²) in [7, 11) is 0. The Morgan fingerprint density at radius 1 is 1.19 bits per heavy atom. The number of hydrogen-bond acceptors (Lipinski definition) is 2. The number of carbonyl (C=O) groups is 2. The minimum Gasteiger partial charge on any atom is -0.481 e. The Labute approximate surface area is 124 Å². The number of aliphatic carboxylic acids is 1. The number of carbonyl (C=O) groups excluding carboxylic acids is 1. The molecule has 1 amide bonds. The SMILES string of the molecule is CCc1ccccc1NC(=O)[C@H]1[C@@H]2CC[C@@H](C2)[C@@H]1C(=O)O. The maximum absolute atomic E-state index is 12.6. The maximum atomic E-state index is 12.6. The lowest BCUT2D eigenvalue weighted by atomic mass is 9.78. The summed E-state index contributed by atoms with van der Waals surface area (Å²) in [6.45, 7) is 2.04. The molecule has 0 unspecified atom stereocenters. The van der Waals surface area contributed by atoms with Crippen molar-refractivity contribution in [1.82, 2.24) is 0 Å². The molecule has 2 aliphatic rings. The molecule has 2 N–H and O–H groups in total. The molecule has 21 heavy (non-hydrogen) atoms. The molecule has 0 saturated heterocycles. The average Bonchev–Trinajstić information content (AvgIpc) is 3.08. The van der Waals surface area contributed by atoms with E-state index in [2.05, 4.69) is 5.32 Å². The normalized spacial score (nSPS) is 30.3. The average molecular weight is 287 g/mol. The van der Waals surface area contributed by atoms with Crippen LogP contribution in [0.3, 0.4) is 0 Å². The number of fused-ring (bicyclic) bond motifs is 2. The first kappa shape index (κ1) is 14.1. The van der Waals surface area contributed by atoms with Crippen LogP contribution < -0.4 is 5.32 Å². The molecule has 2 bridgehead atoms. The number of aryl methyl sites for hydroxylation is 1. The van der Waals surface area contributed by atoms with Gasteiger partial charge in [0.2, 0.25) is 5.91 Å². The highest BCUT2D eigenvalue weighted by atomic mass is 16.4. The van der Waals surface area contributed by atoms with Gasteiger partial charge in [-0.25, -0.2) is 0 Å². The number of nitrogens with one attached hydrogen (secondary N) is 1. The number of hydrogen-bond donors (Lipinski definition) is 2. The van der Waals surface area contributed by atoms with Gasteiger partial charge < -0.3 is 10.4 Å². The fourth-order valence-electron chi connectivity index (χ4n) is 4.19. The molecule has 4 nitrogen and oxygen atoms in total. The fourth-order valence-corrected chi connectivity index (χ4v) is 4.19. The molecule has 1 aromatic rings. The number of benzene rings is 1. The van der Waals surface area contributed by atoms with E-state index in [1.165, 1.54) is 0 Å². The third-order valence-electron chi connectivity index (χ3n) is 5.16. The standard InChI is InChI=1S/C17H21NO3/c1-2-10-5-3-4-6-13(10)18-16(19)14-11-7-8-12(9-11)15(14)17(20)21/h3-6,11-12,14-15H,2,7-9H2,1H3,(H,18,19)(H,20,21)/t11-,12+,14+,15+/m1/s1. The molecule has 0 heterocycles. The van der Waals surface area contributed by atoms with E-state index >= 15 is 0 Å². The summed E-state index contributed by atoms with van der Waals surface area (Å²) in [5.41, 5.74) is 1.90. The Hall–Kier alpha value is -1.84. The second kappa shape index (κ2) is 5.51. The minimum atomic E-state index is -0.814. The summed E-state index contributed by atoms with van der Waals surface area (Å²) in [6, 6.07) is 7.72. The molecular weight excluding hydrogens is 266 g/mol. The molecule has 4 heteroatoms. The van der Waals surface area contributed by atoms with Gasteiger partial charge in [0, 0.05) is 5.69 Å². The Bertz CT molecular complexity index is 569. The molecule has 0 radical (unpaired) electrons. The second-order valence-electron chi connectivity index (χ2n) is 6.22. The van der Waals surface area contributed by atoms with Gasteiger partial charge in [-0.05, 0) is 49.1 Å². The summed E-state index contributed by atoms with van der Waals surface area (Å²) < 4.78 is 0. The maximum Gasteiger partial charge on any atom is 0.307 e. The van der Waals surface area contributed by atoms with Crippen LogP contribution in [-0.2, 0) is 16.0 Å². The Morgan fingerprint density at radius 3 is 2.52 bits per heavy atom. The third-order valence-corrected chi connectivity index (χ3v) is 5.16. The van der Waals surface area contributed by atoms with Gasteiger partial charge in [-0.1, -0.05) is 25.1 Å². The molecule has 2 saturated carbocycles. The summed E-state index contributed by atoms with van der Waals surface area (Å²) in [6.07, 6.45) is 3.68. The van der Waals surface area contributed by atoms with E-state index < -0.39 is 11.9 Å². The third kappa shape index (κ3) is 2.43. The first-order valence-electron chi connectivity index (χ1n) is 7.73. The van der Waals surface area contributed by atoms with E-state index in [9.17, 15) is 14.7 Å². The monoisotopic (exact) mass is 287 g/mol. The molecule has 112 valence electrons. The minimum absolute atomic E-state index is 0.115. The van der Waals surface area contributed by atoms with Crippen molar-refractivity contribution < 1.29 is 14.7 Å². The van der Waals surface area contributed by atoms with Gasteiger partial charge in [0.05, 0.1) is 11.8 Å². The lowest BCUT2D eigenvalue weighted by Crippen LogP contribution is -2.38. The molecule has 0 spiro atoms. The van der Waals surface area contributed by atoms with Crippen molar-refractivity contribution in [3.05, 3.63) is 29.8 Å². The fraction of sp³-hybridized carbons (Fsp3) is 0.529. The number of rotatable bonds is 4. The zero-order valence-electron chi connectivity index (χ0n) is 12.2. The second-order valence-corrected chi connectivity index (χ2v) is 6.22. The number of amides is 1. The van der Waals surface area contributed by atoms with Crippen LogP contribution in [0.2, 0.25) is 0 Å². The van der Waals surface area contributed by atoms with Crippen LogP contribution in [0.1, 0.15) is 31.7 Å². The van der Waals surface area contributed by atoms with E-state index in [0.29, 0.717) is 0 Å². The van der Waals surface area contributed by atoms with Crippen molar-refractivity contribution >= 4 is 17.6 Å². The Kier molecular flexibility index (Phi) is 3.70. The van der Waals surface area contributed by atoms with Gasteiger partial charge in [0.25, 0.3) is 0 Å². The van der Waals surface area contributed by atoms with Gasteiger partial charge in [0.15, 0.2) is 0 Å².